The Morgan fingerprint density at radius 2 is 2.10 bits per heavy atom. The summed E-state index contributed by atoms with van der Waals surface area (Å²) in [5, 5.41) is 0.685. The van der Waals surface area contributed by atoms with Crippen molar-refractivity contribution >= 4 is 28.6 Å². The number of hydrogen-bond acceptors (Lipinski definition) is 3. The standard InChI is InChI=1S/C16H16ClN3O/c1-21-13-4-2-3-11(9-13)7-8-20-15-10-12(17)5-6-14(15)19-16(20)18/h2-6,9-10H,7-8H2,1H3,(H2,18,19). The maximum Gasteiger partial charge on any atom is 0.201 e. The zero-order valence-electron chi connectivity index (χ0n) is 11.7. The van der Waals surface area contributed by atoms with Gasteiger partial charge in [0, 0.05) is 11.6 Å². The molecule has 0 saturated carbocycles. The third kappa shape index (κ3) is 2.81. The molecule has 0 amide bonds. The number of imidazole rings is 1. The molecule has 1 heterocycles. The first-order valence-corrected chi connectivity index (χ1v) is 7.09. The monoisotopic (exact) mass is 301 g/mol. The van der Waals surface area contributed by atoms with Crippen LogP contribution in [0.15, 0.2) is 42.5 Å². The van der Waals surface area contributed by atoms with Crippen molar-refractivity contribution in [3.63, 3.8) is 0 Å². The summed E-state index contributed by atoms with van der Waals surface area (Å²) in [5.41, 5.74) is 9.02. The van der Waals surface area contributed by atoms with Crippen LogP contribution in [0.2, 0.25) is 5.02 Å². The molecule has 3 rings (SSSR count). The first-order chi connectivity index (χ1) is 10.2. The maximum atomic E-state index is 6.06. The van der Waals surface area contributed by atoms with E-state index >= 15 is 0 Å². The van der Waals surface area contributed by atoms with Gasteiger partial charge in [-0.2, -0.15) is 0 Å². The number of rotatable bonds is 4. The van der Waals surface area contributed by atoms with Crippen LogP contribution in [-0.4, -0.2) is 16.7 Å². The number of methoxy groups -OCH3 is 1. The summed E-state index contributed by atoms with van der Waals surface area (Å²) in [6.07, 6.45) is 0.847. The minimum absolute atomic E-state index is 0.509. The van der Waals surface area contributed by atoms with E-state index in [4.69, 9.17) is 22.1 Å². The highest BCUT2D eigenvalue weighted by atomic mass is 35.5. The van der Waals surface area contributed by atoms with E-state index in [9.17, 15) is 0 Å². The van der Waals surface area contributed by atoms with Crippen LogP contribution >= 0.6 is 11.6 Å². The van der Waals surface area contributed by atoms with Gasteiger partial charge in [0.2, 0.25) is 5.95 Å². The molecule has 108 valence electrons. The largest absolute Gasteiger partial charge is 0.497 e. The van der Waals surface area contributed by atoms with Crippen molar-refractivity contribution in [2.75, 3.05) is 12.8 Å². The van der Waals surface area contributed by atoms with Crippen molar-refractivity contribution < 1.29 is 4.74 Å². The Bertz CT molecular complexity index is 782. The molecular formula is C16H16ClN3O. The Morgan fingerprint density at radius 1 is 1.24 bits per heavy atom. The van der Waals surface area contributed by atoms with Gasteiger partial charge in [-0.15, -0.1) is 0 Å². The molecule has 4 nitrogen and oxygen atoms in total. The van der Waals surface area contributed by atoms with E-state index in [-0.39, 0.29) is 0 Å². The predicted molar refractivity (Wildman–Crippen MR) is 85.9 cm³/mol. The molecule has 21 heavy (non-hydrogen) atoms. The van der Waals surface area contributed by atoms with Gasteiger partial charge in [0.1, 0.15) is 5.75 Å². The van der Waals surface area contributed by atoms with E-state index in [1.54, 1.807) is 7.11 Å². The fourth-order valence-electron chi connectivity index (χ4n) is 2.42. The molecule has 3 aromatic rings. The molecule has 1 aromatic heterocycles. The SMILES string of the molecule is COc1cccc(CCn2c(N)nc3ccc(Cl)cc32)c1. The number of fused-ring (bicyclic) bond motifs is 1. The number of halogens is 1. The van der Waals surface area contributed by atoms with E-state index in [1.165, 1.54) is 5.56 Å². The summed E-state index contributed by atoms with van der Waals surface area (Å²) in [6, 6.07) is 13.6. The molecule has 0 atom stereocenters. The molecule has 0 saturated heterocycles. The van der Waals surface area contributed by atoms with Crippen molar-refractivity contribution in [3.05, 3.63) is 53.1 Å². The fraction of sp³-hybridized carbons (Fsp3) is 0.188. The van der Waals surface area contributed by atoms with Crippen molar-refractivity contribution in [1.29, 1.82) is 0 Å². The molecule has 0 spiro atoms. The lowest BCUT2D eigenvalue weighted by Gasteiger charge is -2.08. The molecule has 0 bridgehead atoms. The Hall–Kier alpha value is -2.20. The van der Waals surface area contributed by atoms with E-state index in [0.717, 1.165) is 29.7 Å². The van der Waals surface area contributed by atoms with Crippen molar-refractivity contribution in [3.8, 4) is 5.75 Å². The van der Waals surface area contributed by atoms with Gasteiger partial charge >= 0.3 is 0 Å². The Morgan fingerprint density at radius 3 is 2.90 bits per heavy atom. The highest BCUT2D eigenvalue weighted by molar-refractivity contribution is 6.31. The van der Waals surface area contributed by atoms with Crippen LogP contribution in [0.1, 0.15) is 5.56 Å². The van der Waals surface area contributed by atoms with E-state index < -0.39 is 0 Å². The van der Waals surface area contributed by atoms with Gasteiger partial charge < -0.3 is 15.0 Å². The van der Waals surface area contributed by atoms with Crippen LogP contribution in [0.25, 0.3) is 11.0 Å². The minimum atomic E-state index is 0.509. The molecule has 0 fully saturated rings. The molecule has 0 unspecified atom stereocenters. The normalized spacial score (nSPS) is 11.0. The quantitative estimate of drug-likeness (QED) is 0.802. The van der Waals surface area contributed by atoms with Crippen LogP contribution in [0, 0.1) is 0 Å². The van der Waals surface area contributed by atoms with Crippen molar-refractivity contribution in [2.45, 2.75) is 13.0 Å². The maximum absolute atomic E-state index is 6.06. The third-order valence-electron chi connectivity index (χ3n) is 3.50. The second-order valence-electron chi connectivity index (χ2n) is 4.86. The molecule has 0 aliphatic heterocycles. The number of aromatic nitrogens is 2. The van der Waals surface area contributed by atoms with E-state index in [2.05, 4.69) is 11.1 Å². The molecular weight excluding hydrogens is 286 g/mol. The molecule has 2 aromatic carbocycles. The zero-order valence-corrected chi connectivity index (χ0v) is 12.5. The van der Waals surface area contributed by atoms with Gasteiger partial charge in [-0.25, -0.2) is 4.98 Å². The summed E-state index contributed by atoms with van der Waals surface area (Å²) >= 11 is 6.06. The number of aryl methyl sites for hydroxylation is 2. The number of hydrogen-bond donors (Lipinski definition) is 1. The van der Waals surface area contributed by atoms with Gasteiger partial charge in [0.25, 0.3) is 0 Å². The summed E-state index contributed by atoms with van der Waals surface area (Å²) in [6.45, 7) is 0.746. The number of ether oxygens (including phenoxy) is 1. The lowest BCUT2D eigenvalue weighted by atomic mass is 10.1. The molecule has 0 aliphatic rings. The molecule has 0 radical (unpaired) electrons. The Labute approximate surface area is 128 Å². The van der Waals surface area contributed by atoms with Gasteiger partial charge in [-0.1, -0.05) is 23.7 Å². The lowest BCUT2D eigenvalue weighted by Crippen LogP contribution is -2.05. The first-order valence-electron chi connectivity index (χ1n) is 6.71. The summed E-state index contributed by atoms with van der Waals surface area (Å²) in [5.74, 6) is 1.37. The molecule has 0 aliphatic carbocycles. The number of anilines is 1. The average molecular weight is 302 g/mol. The van der Waals surface area contributed by atoms with Crippen LogP contribution < -0.4 is 10.5 Å². The van der Waals surface area contributed by atoms with Crippen LogP contribution in [0.5, 0.6) is 5.75 Å². The van der Waals surface area contributed by atoms with Gasteiger partial charge in [0.15, 0.2) is 0 Å². The summed E-state index contributed by atoms with van der Waals surface area (Å²) in [4.78, 5) is 4.36. The van der Waals surface area contributed by atoms with E-state index in [1.807, 2.05) is 41.0 Å². The number of nitrogen functional groups attached to an aromatic ring is 1. The minimum Gasteiger partial charge on any atom is -0.497 e. The second-order valence-corrected chi connectivity index (χ2v) is 5.29. The second kappa shape index (κ2) is 5.66. The third-order valence-corrected chi connectivity index (χ3v) is 3.73. The number of nitrogens with two attached hydrogens (primary N) is 1. The van der Waals surface area contributed by atoms with Crippen LogP contribution in [0.4, 0.5) is 5.95 Å². The van der Waals surface area contributed by atoms with Crippen LogP contribution in [-0.2, 0) is 13.0 Å². The number of benzene rings is 2. The van der Waals surface area contributed by atoms with Gasteiger partial charge in [-0.3, -0.25) is 0 Å². The van der Waals surface area contributed by atoms with Crippen LogP contribution in [0.3, 0.4) is 0 Å². The number of nitrogens with zero attached hydrogens (tertiary/aromatic N) is 2. The van der Waals surface area contributed by atoms with Gasteiger partial charge in [-0.05, 0) is 42.3 Å². The highest BCUT2D eigenvalue weighted by Gasteiger charge is 2.08. The first kappa shape index (κ1) is 13.8. The topological polar surface area (TPSA) is 53.1 Å². The Kier molecular flexibility index (Phi) is 3.71. The molecule has 2 N–H and O–H groups in total. The summed E-state index contributed by atoms with van der Waals surface area (Å²) in [7, 11) is 1.67. The van der Waals surface area contributed by atoms with E-state index in [0.29, 0.717) is 11.0 Å². The van der Waals surface area contributed by atoms with Crippen molar-refractivity contribution in [2.24, 2.45) is 0 Å². The molecule has 5 heteroatoms. The van der Waals surface area contributed by atoms with Crippen molar-refractivity contribution in [1.82, 2.24) is 9.55 Å². The predicted octanol–water partition coefficient (Wildman–Crippen LogP) is 3.52. The average Bonchev–Trinajstić information content (AvgIpc) is 2.80. The smallest absolute Gasteiger partial charge is 0.201 e. The fourth-order valence-corrected chi connectivity index (χ4v) is 2.58. The van der Waals surface area contributed by atoms with Gasteiger partial charge in [0.05, 0.1) is 18.1 Å². The highest BCUT2D eigenvalue weighted by Crippen LogP contribution is 2.22. The Balaban J connectivity index is 1.87. The lowest BCUT2D eigenvalue weighted by molar-refractivity contribution is 0.414. The zero-order chi connectivity index (χ0) is 14.8. The summed E-state index contributed by atoms with van der Waals surface area (Å²) < 4.78 is 7.23.